The largest absolute Gasteiger partial charge is 0.432 e. The monoisotopic (exact) mass is 281 g/mol. The number of rotatable bonds is 9. The third kappa shape index (κ3) is 8.51. The number of allylic oxidation sites excluding steroid dienone is 1. The van der Waals surface area contributed by atoms with Crippen LogP contribution in [0.2, 0.25) is 0 Å². The SMILES string of the molecule is CCCCCCCC(F)C(F)(F)OC(=O)/C=C(/C)N. The number of alkyl halides is 3. The highest BCUT2D eigenvalue weighted by Gasteiger charge is 2.43. The second kappa shape index (κ2) is 8.82. The second-order valence-electron chi connectivity index (χ2n) is 4.54. The molecular formula is C13H22F3NO2. The Balaban J connectivity index is 4.09. The summed E-state index contributed by atoms with van der Waals surface area (Å²) in [6.07, 6.45) is -2.25. The molecule has 0 aliphatic rings. The van der Waals surface area contributed by atoms with E-state index >= 15 is 0 Å². The number of unbranched alkanes of at least 4 members (excludes halogenated alkanes) is 4. The van der Waals surface area contributed by atoms with Crippen molar-refractivity contribution in [2.75, 3.05) is 0 Å². The highest BCUT2D eigenvalue weighted by atomic mass is 19.3. The quantitative estimate of drug-likeness (QED) is 0.398. The van der Waals surface area contributed by atoms with Gasteiger partial charge in [-0.1, -0.05) is 39.0 Å². The summed E-state index contributed by atoms with van der Waals surface area (Å²) >= 11 is 0. The Hall–Kier alpha value is -1.20. The van der Waals surface area contributed by atoms with E-state index in [1.807, 2.05) is 6.92 Å². The Bertz CT molecular complexity index is 302. The summed E-state index contributed by atoms with van der Waals surface area (Å²) in [4.78, 5) is 11.0. The van der Waals surface area contributed by atoms with Crippen LogP contribution in [-0.4, -0.2) is 18.2 Å². The molecule has 0 aromatic carbocycles. The van der Waals surface area contributed by atoms with Crippen LogP contribution in [-0.2, 0) is 9.53 Å². The standard InChI is InChI=1S/C13H22F3NO2/c1-3-4-5-6-7-8-11(14)13(15,16)19-12(18)9-10(2)17/h9,11H,3-8,17H2,1-2H3/b10-9-. The van der Waals surface area contributed by atoms with Crippen molar-refractivity contribution in [2.24, 2.45) is 5.73 Å². The van der Waals surface area contributed by atoms with Crippen molar-refractivity contribution < 1.29 is 22.7 Å². The van der Waals surface area contributed by atoms with Crippen LogP contribution in [0.5, 0.6) is 0 Å². The van der Waals surface area contributed by atoms with Crippen LogP contribution in [0.25, 0.3) is 0 Å². The van der Waals surface area contributed by atoms with Crippen LogP contribution in [0.4, 0.5) is 13.2 Å². The fourth-order valence-corrected chi connectivity index (χ4v) is 1.51. The molecule has 1 unspecified atom stereocenters. The maximum absolute atomic E-state index is 13.3. The molecular weight excluding hydrogens is 259 g/mol. The van der Waals surface area contributed by atoms with Crippen molar-refractivity contribution in [1.29, 1.82) is 0 Å². The Morgan fingerprint density at radius 1 is 1.32 bits per heavy atom. The van der Waals surface area contributed by atoms with Gasteiger partial charge in [-0.15, -0.1) is 0 Å². The van der Waals surface area contributed by atoms with E-state index in [9.17, 15) is 18.0 Å². The van der Waals surface area contributed by atoms with Crippen molar-refractivity contribution in [1.82, 2.24) is 0 Å². The van der Waals surface area contributed by atoms with Gasteiger partial charge in [0.1, 0.15) is 0 Å². The molecule has 0 heterocycles. The number of carbonyl (C=O) groups is 1. The maximum atomic E-state index is 13.3. The second-order valence-corrected chi connectivity index (χ2v) is 4.54. The van der Waals surface area contributed by atoms with Gasteiger partial charge in [0.2, 0.25) is 6.17 Å². The fraction of sp³-hybridized carbons (Fsp3) is 0.769. The lowest BCUT2D eigenvalue weighted by Gasteiger charge is -2.19. The number of hydrogen-bond acceptors (Lipinski definition) is 3. The topological polar surface area (TPSA) is 52.3 Å². The molecule has 6 heteroatoms. The number of hydrogen-bond donors (Lipinski definition) is 1. The van der Waals surface area contributed by atoms with Gasteiger partial charge < -0.3 is 10.5 Å². The Kier molecular flexibility index (Phi) is 8.27. The first-order valence-corrected chi connectivity index (χ1v) is 6.48. The number of ether oxygens (including phenoxy) is 1. The van der Waals surface area contributed by atoms with E-state index in [0.29, 0.717) is 18.9 Å². The van der Waals surface area contributed by atoms with E-state index in [0.717, 1.165) is 19.3 Å². The molecule has 0 saturated carbocycles. The first-order valence-electron chi connectivity index (χ1n) is 6.48. The molecule has 0 rings (SSSR count). The van der Waals surface area contributed by atoms with Gasteiger partial charge in [0.25, 0.3) is 0 Å². The van der Waals surface area contributed by atoms with E-state index in [2.05, 4.69) is 4.74 Å². The number of nitrogens with two attached hydrogens (primary N) is 1. The lowest BCUT2D eigenvalue weighted by atomic mass is 10.1. The minimum atomic E-state index is -4.10. The average Bonchev–Trinajstić information content (AvgIpc) is 2.26. The smallest absolute Gasteiger partial charge is 0.402 e. The molecule has 0 radical (unpaired) electrons. The molecule has 0 aromatic rings. The van der Waals surface area contributed by atoms with Gasteiger partial charge >= 0.3 is 12.1 Å². The van der Waals surface area contributed by atoms with Gasteiger partial charge in [-0.3, -0.25) is 0 Å². The van der Waals surface area contributed by atoms with E-state index in [1.54, 1.807) is 0 Å². The molecule has 19 heavy (non-hydrogen) atoms. The van der Waals surface area contributed by atoms with Crippen molar-refractivity contribution in [3.05, 3.63) is 11.8 Å². The zero-order valence-electron chi connectivity index (χ0n) is 11.4. The summed E-state index contributed by atoms with van der Waals surface area (Å²) in [5, 5.41) is 0. The van der Waals surface area contributed by atoms with Gasteiger partial charge in [-0.05, 0) is 13.3 Å². The minimum Gasteiger partial charge on any atom is -0.402 e. The maximum Gasteiger partial charge on any atom is 0.432 e. The number of carbonyl (C=O) groups excluding carboxylic acids is 1. The minimum absolute atomic E-state index is 0.0239. The van der Waals surface area contributed by atoms with Crippen LogP contribution in [0, 0.1) is 0 Å². The molecule has 0 aliphatic heterocycles. The van der Waals surface area contributed by atoms with Crippen LogP contribution in [0.1, 0.15) is 52.4 Å². The van der Waals surface area contributed by atoms with Crippen LogP contribution in [0.3, 0.4) is 0 Å². The summed E-state index contributed by atoms with van der Waals surface area (Å²) < 4.78 is 43.5. The van der Waals surface area contributed by atoms with Crippen molar-refractivity contribution in [2.45, 2.75) is 64.7 Å². The van der Waals surface area contributed by atoms with Crippen molar-refractivity contribution >= 4 is 5.97 Å². The van der Waals surface area contributed by atoms with Crippen LogP contribution >= 0.6 is 0 Å². The first-order chi connectivity index (χ1) is 8.79. The molecule has 0 spiro atoms. The van der Waals surface area contributed by atoms with Gasteiger partial charge in [-0.25, -0.2) is 9.18 Å². The lowest BCUT2D eigenvalue weighted by Crippen LogP contribution is -2.35. The summed E-state index contributed by atoms with van der Waals surface area (Å²) in [7, 11) is 0. The van der Waals surface area contributed by atoms with Gasteiger partial charge in [-0.2, -0.15) is 8.78 Å². The van der Waals surface area contributed by atoms with E-state index < -0.39 is 18.2 Å². The molecule has 0 aromatic heterocycles. The third-order valence-electron chi connectivity index (χ3n) is 2.51. The summed E-state index contributed by atoms with van der Waals surface area (Å²) in [5.74, 6) is -1.33. The zero-order valence-corrected chi connectivity index (χ0v) is 11.4. The Morgan fingerprint density at radius 2 is 1.89 bits per heavy atom. The van der Waals surface area contributed by atoms with E-state index in [-0.39, 0.29) is 12.1 Å². The van der Waals surface area contributed by atoms with Crippen molar-refractivity contribution in [3.63, 3.8) is 0 Å². The Morgan fingerprint density at radius 3 is 2.42 bits per heavy atom. The number of esters is 1. The molecule has 0 fully saturated rings. The summed E-state index contributed by atoms with van der Waals surface area (Å²) in [5.41, 5.74) is 5.16. The summed E-state index contributed by atoms with van der Waals surface area (Å²) in [6, 6.07) is 0. The lowest BCUT2D eigenvalue weighted by molar-refractivity contribution is -0.258. The van der Waals surface area contributed by atoms with E-state index in [4.69, 9.17) is 5.73 Å². The van der Waals surface area contributed by atoms with E-state index in [1.165, 1.54) is 6.92 Å². The molecule has 2 N–H and O–H groups in total. The predicted molar refractivity (Wildman–Crippen MR) is 67.3 cm³/mol. The Labute approximate surface area is 112 Å². The summed E-state index contributed by atoms with van der Waals surface area (Å²) in [6.45, 7) is 3.37. The molecule has 3 nitrogen and oxygen atoms in total. The van der Waals surface area contributed by atoms with Gasteiger partial charge in [0, 0.05) is 11.8 Å². The highest BCUT2D eigenvalue weighted by molar-refractivity contribution is 5.82. The molecule has 112 valence electrons. The van der Waals surface area contributed by atoms with Gasteiger partial charge in [0.05, 0.1) is 0 Å². The third-order valence-corrected chi connectivity index (χ3v) is 2.51. The predicted octanol–water partition coefficient (Wildman–Crippen LogP) is 3.68. The first kappa shape index (κ1) is 17.8. The normalized spacial score (nSPS) is 14.3. The fourth-order valence-electron chi connectivity index (χ4n) is 1.51. The molecule has 0 saturated heterocycles. The molecule has 0 aliphatic carbocycles. The van der Waals surface area contributed by atoms with Crippen LogP contribution < -0.4 is 5.73 Å². The zero-order chi connectivity index (χ0) is 14.9. The number of halogens is 3. The molecule has 0 bridgehead atoms. The van der Waals surface area contributed by atoms with Crippen molar-refractivity contribution in [3.8, 4) is 0 Å². The molecule has 0 amide bonds. The van der Waals surface area contributed by atoms with Gasteiger partial charge in [0.15, 0.2) is 0 Å². The average molecular weight is 281 g/mol. The van der Waals surface area contributed by atoms with Crippen LogP contribution in [0.15, 0.2) is 11.8 Å². The highest BCUT2D eigenvalue weighted by Crippen LogP contribution is 2.27. The molecule has 1 atom stereocenters.